The van der Waals surface area contributed by atoms with Gasteiger partial charge in [0, 0.05) is 18.0 Å². The third-order valence-electron chi connectivity index (χ3n) is 3.35. The summed E-state index contributed by atoms with van der Waals surface area (Å²) in [5.74, 6) is 2.47. The maximum atomic E-state index is 6.04. The number of hydrogen-bond donors (Lipinski definition) is 1. The Morgan fingerprint density at radius 1 is 1.29 bits per heavy atom. The van der Waals surface area contributed by atoms with Crippen molar-refractivity contribution in [1.82, 2.24) is 5.32 Å². The maximum absolute atomic E-state index is 6.04. The monoisotopic (exact) mass is 307 g/mol. The Hall–Kier alpha value is -1.45. The molecule has 0 aliphatic rings. The lowest BCUT2D eigenvalue weighted by molar-refractivity contribution is 0.415. The van der Waals surface area contributed by atoms with Gasteiger partial charge in [-0.05, 0) is 50.2 Å². The van der Waals surface area contributed by atoms with Gasteiger partial charge in [0.05, 0.1) is 12.1 Å². The highest BCUT2D eigenvalue weighted by Crippen LogP contribution is 2.31. The predicted molar refractivity (Wildman–Crippen MR) is 87.2 cm³/mol. The molecule has 0 aliphatic carbocycles. The summed E-state index contributed by atoms with van der Waals surface area (Å²) in [6, 6.07) is 10.1. The van der Waals surface area contributed by atoms with E-state index in [-0.39, 0.29) is 0 Å². The largest absolute Gasteiger partial charge is 0.495 e. The topological polar surface area (TPSA) is 34.4 Å². The first-order valence-corrected chi connectivity index (χ1v) is 7.67. The van der Waals surface area contributed by atoms with Crippen molar-refractivity contribution in [3.8, 4) is 17.1 Å². The van der Waals surface area contributed by atoms with Crippen molar-refractivity contribution in [2.45, 2.75) is 32.7 Å². The summed E-state index contributed by atoms with van der Waals surface area (Å²) in [5.41, 5.74) is 0.969. The van der Waals surface area contributed by atoms with Crippen molar-refractivity contribution in [3.05, 3.63) is 41.1 Å². The fraction of sp³-hybridized carbons (Fsp3) is 0.412. The molecule has 21 heavy (non-hydrogen) atoms. The molecule has 1 atom stereocenters. The number of nitrogens with one attached hydrogen (secondary N) is 1. The van der Waals surface area contributed by atoms with Gasteiger partial charge in [0.1, 0.15) is 17.3 Å². The van der Waals surface area contributed by atoms with Crippen molar-refractivity contribution in [3.63, 3.8) is 0 Å². The molecule has 0 amide bonds. The van der Waals surface area contributed by atoms with Crippen LogP contribution in [0.3, 0.4) is 0 Å². The second-order valence-corrected chi connectivity index (χ2v) is 5.58. The molecule has 114 valence electrons. The quantitative estimate of drug-likeness (QED) is 0.815. The van der Waals surface area contributed by atoms with E-state index in [0.717, 1.165) is 36.5 Å². The van der Waals surface area contributed by atoms with Crippen LogP contribution in [0.5, 0.6) is 5.75 Å². The molecule has 1 heterocycles. The van der Waals surface area contributed by atoms with Crippen LogP contribution in [0.15, 0.2) is 34.7 Å². The Morgan fingerprint density at radius 2 is 2.10 bits per heavy atom. The smallest absolute Gasteiger partial charge is 0.138 e. The summed E-state index contributed by atoms with van der Waals surface area (Å²) < 4.78 is 11.2. The van der Waals surface area contributed by atoms with Crippen LogP contribution in [0, 0.1) is 0 Å². The minimum absolute atomic E-state index is 0.406. The molecule has 0 saturated carbocycles. The fourth-order valence-corrected chi connectivity index (χ4v) is 2.42. The fourth-order valence-electron chi connectivity index (χ4n) is 2.22. The van der Waals surface area contributed by atoms with Crippen molar-refractivity contribution in [2.24, 2.45) is 0 Å². The Balaban J connectivity index is 2.09. The second-order valence-electron chi connectivity index (χ2n) is 5.17. The zero-order valence-electron chi connectivity index (χ0n) is 12.8. The van der Waals surface area contributed by atoms with Gasteiger partial charge in [0.25, 0.3) is 0 Å². The molecule has 1 aromatic heterocycles. The number of benzene rings is 1. The Kier molecular flexibility index (Phi) is 5.71. The number of hydrogen-bond acceptors (Lipinski definition) is 3. The number of ether oxygens (including phenoxy) is 1. The van der Waals surface area contributed by atoms with Crippen LogP contribution < -0.4 is 10.1 Å². The molecule has 0 bridgehead atoms. The van der Waals surface area contributed by atoms with Gasteiger partial charge >= 0.3 is 0 Å². The Morgan fingerprint density at radius 3 is 2.81 bits per heavy atom. The average molecular weight is 308 g/mol. The summed E-state index contributed by atoms with van der Waals surface area (Å²) in [6.07, 6.45) is 2.02. The van der Waals surface area contributed by atoms with Gasteiger partial charge in [-0.15, -0.1) is 0 Å². The highest BCUT2D eigenvalue weighted by atomic mass is 35.5. The summed E-state index contributed by atoms with van der Waals surface area (Å²) in [7, 11) is 1.61. The first-order valence-electron chi connectivity index (χ1n) is 7.30. The molecule has 2 rings (SSSR count). The number of furan rings is 1. The van der Waals surface area contributed by atoms with Gasteiger partial charge in [0.2, 0.25) is 0 Å². The van der Waals surface area contributed by atoms with E-state index in [4.69, 9.17) is 20.8 Å². The maximum Gasteiger partial charge on any atom is 0.138 e. The lowest BCUT2D eigenvalue weighted by atomic mass is 10.1. The first kappa shape index (κ1) is 15.9. The van der Waals surface area contributed by atoms with Crippen LogP contribution >= 0.6 is 11.6 Å². The molecule has 1 N–H and O–H groups in total. The van der Waals surface area contributed by atoms with Crippen LogP contribution in [0.2, 0.25) is 5.02 Å². The van der Waals surface area contributed by atoms with E-state index in [2.05, 4.69) is 19.2 Å². The van der Waals surface area contributed by atoms with Crippen LogP contribution in [0.4, 0.5) is 0 Å². The number of methoxy groups -OCH3 is 1. The molecule has 4 heteroatoms. The summed E-state index contributed by atoms with van der Waals surface area (Å²) in [6.45, 7) is 5.37. The molecule has 0 fully saturated rings. The third-order valence-corrected chi connectivity index (χ3v) is 3.66. The number of rotatable bonds is 7. The van der Waals surface area contributed by atoms with E-state index < -0.39 is 0 Å². The molecule has 0 radical (unpaired) electrons. The van der Waals surface area contributed by atoms with E-state index in [1.54, 1.807) is 7.11 Å². The standard InChI is InChI=1S/C17H22ClNO2/c1-4-9-19-12(2)10-14-6-8-16(21-14)13-5-7-15(18)17(11-13)20-3/h5-8,11-12,19H,4,9-10H2,1-3H3. The van der Waals surface area contributed by atoms with Gasteiger partial charge in [-0.25, -0.2) is 0 Å². The highest BCUT2D eigenvalue weighted by molar-refractivity contribution is 6.32. The summed E-state index contributed by atoms with van der Waals surface area (Å²) in [5, 5.41) is 4.06. The van der Waals surface area contributed by atoms with Crippen LogP contribution in [-0.4, -0.2) is 19.7 Å². The summed E-state index contributed by atoms with van der Waals surface area (Å²) in [4.78, 5) is 0. The molecule has 1 unspecified atom stereocenters. The SMILES string of the molecule is CCCNC(C)Cc1ccc(-c2ccc(Cl)c(OC)c2)o1. The minimum atomic E-state index is 0.406. The van der Waals surface area contributed by atoms with Gasteiger partial charge in [0.15, 0.2) is 0 Å². The lowest BCUT2D eigenvalue weighted by Gasteiger charge is -2.11. The molecule has 0 saturated heterocycles. The minimum Gasteiger partial charge on any atom is -0.495 e. The molecule has 3 nitrogen and oxygen atoms in total. The third kappa shape index (κ3) is 4.26. The van der Waals surface area contributed by atoms with Crippen LogP contribution in [-0.2, 0) is 6.42 Å². The van der Waals surface area contributed by atoms with Crippen LogP contribution in [0.25, 0.3) is 11.3 Å². The predicted octanol–water partition coefficient (Wildman–Crippen LogP) is 4.54. The molecule has 2 aromatic rings. The van der Waals surface area contributed by atoms with Crippen molar-refractivity contribution >= 4 is 11.6 Å². The molecule has 0 spiro atoms. The lowest BCUT2D eigenvalue weighted by Crippen LogP contribution is -2.28. The average Bonchev–Trinajstić information content (AvgIpc) is 2.94. The van der Waals surface area contributed by atoms with E-state index in [0.29, 0.717) is 16.8 Å². The van der Waals surface area contributed by atoms with E-state index in [9.17, 15) is 0 Å². The van der Waals surface area contributed by atoms with Crippen molar-refractivity contribution in [1.29, 1.82) is 0 Å². The van der Waals surface area contributed by atoms with Gasteiger partial charge < -0.3 is 14.5 Å². The zero-order valence-corrected chi connectivity index (χ0v) is 13.5. The van der Waals surface area contributed by atoms with E-state index in [1.807, 2.05) is 30.3 Å². The summed E-state index contributed by atoms with van der Waals surface area (Å²) >= 11 is 6.04. The normalized spacial score (nSPS) is 12.4. The molecular formula is C17H22ClNO2. The van der Waals surface area contributed by atoms with Gasteiger partial charge in [-0.3, -0.25) is 0 Å². The number of halogens is 1. The van der Waals surface area contributed by atoms with Gasteiger partial charge in [-0.1, -0.05) is 18.5 Å². The zero-order chi connectivity index (χ0) is 15.2. The molecule has 1 aromatic carbocycles. The van der Waals surface area contributed by atoms with Crippen molar-refractivity contribution < 1.29 is 9.15 Å². The first-order chi connectivity index (χ1) is 10.1. The van der Waals surface area contributed by atoms with Crippen molar-refractivity contribution in [2.75, 3.05) is 13.7 Å². The van der Waals surface area contributed by atoms with E-state index in [1.165, 1.54) is 0 Å². The van der Waals surface area contributed by atoms with Crippen LogP contribution in [0.1, 0.15) is 26.0 Å². The van der Waals surface area contributed by atoms with E-state index >= 15 is 0 Å². The highest BCUT2D eigenvalue weighted by Gasteiger charge is 2.10. The Labute approximate surface area is 131 Å². The second kappa shape index (κ2) is 7.53. The molecule has 0 aliphatic heterocycles. The molecular weight excluding hydrogens is 286 g/mol. The Bertz CT molecular complexity index is 580. The van der Waals surface area contributed by atoms with Gasteiger partial charge in [-0.2, -0.15) is 0 Å².